The molecule has 0 bridgehead atoms. The van der Waals surface area contributed by atoms with Crippen LogP contribution < -0.4 is 4.72 Å². The molecule has 17 heavy (non-hydrogen) atoms. The van der Waals surface area contributed by atoms with Gasteiger partial charge < -0.3 is 0 Å². The molecule has 90 valence electrons. The number of hydrogen-bond acceptors (Lipinski definition) is 2. The molecule has 3 nitrogen and oxygen atoms in total. The normalized spacial score (nSPS) is 16.6. The monoisotopic (exact) mass is 249 g/mol. The molecule has 0 aromatic heterocycles. The van der Waals surface area contributed by atoms with Gasteiger partial charge in [-0.3, -0.25) is 4.72 Å². The first-order chi connectivity index (χ1) is 8.12. The van der Waals surface area contributed by atoms with Crippen molar-refractivity contribution in [2.45, 2.75) is 30.9 Å². The number of hydrogen-bond donors (Lipinski definition) is 1. The highest BCUT2D eigenvalue weighted by molar-refractivity contribution is 7.93. The minimum Gasteiger partial charge on any atom is -0.283 e. The van der Waals surface area contributed by atoms with Gasteiger partial charge in [0, 0.05) is 11.3 Å². The summed E-state index contributed by atoms with van der Waals surface area (Å²) in [6, 6.07) is 6.91. The first-order valence-electron chi connectivity index (χ1n) is 5.70. The molecule has 1 aliphatic carbocycles. The molecule has 1 saturated carbocycles. The van der Waals surface area contributed by atoms with Crippen molar-refractivity contribution in [3.05, 3.63) is 29.8 Å². The average molecular weight is 249 g/mol. The van der Waals surface area contributed by atoms with E-state index in [0.717, 1.165) is 25.7 Å². The summed E-state index contributed by atoms with van der Waals surface area (Å²) in [7, 11) is -3.26. The molecule has 1 aromatic rings. The van der Waals surface area contributed by atoms with Crippen LogP contribution in [0.1, 0.15) is 31.2 Å². The van der Waals surface area contributed by atoms with Crippen molar-refractivity contribution in [3.8, 4) is 12.3 Å². The van der Waals surface area contributed by atoms with E-state index in [1.807, 2.05) is 0 Å². The second-order valence-electron chi connectivity index (χ2n) is 4.28. The smallest absolute Gasteiger partial charge is 0.235 e. The van der Waals surface area contributed by atoms with Gasteiger partial charge >= 0.3 is 0 Å². The maximum absolute atomic E-state index is 12.0. The van der Waals surface area contributed by atoms with Crippen molar-refractivity contribution in [2.75, 3.05) is 4.72 Å². The zero-order valence-electron chi connectivity index (χ0n) is 9.52. The highest BCUT2D eigenvalue weighted by atomic mass is 32.2. The van der Waals surface area contributed by atoms with Crippen molar-refractivity contribution in [3.63, 3.8) is 0 Å². The Morgan fingerprint density at radius 1 is 1.29 bits per heavy atom. The van der Waals surface area contributed by atoms with Crippen LogP contribution in [0.3, 0.4) is 0 Å². The molecular weight excluding hydrogens is 234 g/mol. The summed E-state index contributed by atoms with van der Waals surface area (Å²) in [5, 5.41) is -0.253. The van der Waals surface area contributed by atoms with Gasteiger partial charge in [0.05, 0.1) is 5.25 Å². The van der Waals surface area contributed by atoms with Gasteiger partial charge in [-0.15, -0.1) is 6.42 Å². The van der Waals surface area contributed by atoms with Crippen LogP contribution in [0.2, 0.25) is 0 Å². The van der Waals surface area contributed by atoms with Gasteiger partial charge in [-0.05, 0) is 31.0 Å². The Kier molecular flexibility index (Phi) is 3.39. The fourth-order valence-electron chi connectivity index (χ4n) is 2.12. The third kappa shape index (κ3) is 2.80. The van der Waals surface area contributed by atoms with Gasteiger partial charge in [0.15, 0.2) is 0 Å². The van der Waals surface area contributed by atoms with E-state index >= 15 is 0 Å². The molecule has 1 aromatic carbocycles. The minimum absolute atomic E-state index is 0.253. The van der Waals surface area contributed by atoms with Crippen molar-refractivity contribution >= 4 is 15.7 Å². The van der Waals surface area contributed by atoms with Gasteiger partial charge in [-0.25, -0.2) is 8.42 Å². The molecule has 0 aliphatic heterocycles. The van der Waals surface area contributed by atoms with Crippen molar-refractivity contribution in [2.24, 2.45) is 0 Å². The third-order valence-electron chi connectivity index (χ3n) is 3.03. The largest absolute Gasteiger partial charge is 0.283 e. The van der Waals surface area contributed by atoms with Crippen molar-refractivity contribution < 1.29 is 8.42 Å². The Balaban J connectivity index is 2.17. The van der Waals surface area contributed by atoms with Gasteiger partial charge in [0.2, 0.25) is 10.0 Å². The van der Waals surface area contributed by atoms with Gasteiger partial charge in [-0.1, -0.05) is 24.8 Å². The lowest BCUT2D eigenvalue weighted by atomic mass is 10.2. The average Bonchev–Trinajstić information content (AvgIpc) is 2.83. The topological polar surface area (TPSA) is 46.2 Å². The van der Waals surface area contributed by atoms with E-state index in [1.165, 1.54) is 0 Å². The molecule has 0 heterocycles. The van der Waals surface area contributed by atoms with Crippen LogP contribution in [-0.2, 0) is 10.0 Å². The standard InChI is InChI=1S/C13H15NO2S/c1-2-11-6-5-7-12(10-11)14-17(15,16)13-8-3-4-9-13/h1,5-7,10,13-14H,3-4,8-9H2. The van der Waals surface area contributed by atoms with Crippen LogP contribution in [0.15, 0.2) is 24.3 Å². The van der Waals surface area contributed by atoms with Crippen molar-refractivity contribution in [1.82, 2.24) is 0 Å². The fourth-order valence-corrected chi connectivity index (χ4v) is 3.69. The zero-order chi connectivity index (χ0) is 12.3. The van der Waals surface area contributed by atoms with Crippen LogP contribution in [0.5, 0.6) is 0 Å². The Bertz CT molecular complexity index is 537. The highest BCUT2D eigenvalue weighted by Gasteiger charge is 2.28. The number of rotatable bonds is 3. The molecule has 2 rings (SSSR count). The molecule has 0 amide bonds. The summed E-state index contributed by atoms with van der Waals surface area (Å²) in [4.78, 5) is 0. The van der Waals surface area contributed by atoms with E-state index in [-0.39, 0.29) is 5.25 Å². The predicted molar refractivity (Wildman–Crippen MR) is 69.2 cm³/mol. The number of benzene rings is 1. The molecule has 1 aliphatic rings. The third-order valence-corrected chi connectivity index (χ3v) is 4.90. The Labute approximate surface area is 102 Å². The maximum Gasteiger partial charge on any atom is 0.235 e. The lowest BCUT2D eigenvalue weighted by Gasteiger charge is -2.13. The molecule has 1 fully saturated rings. The zero-order valence-corrected chi connectivity index (χ0v) is 10.3. The maximum atomic E-state index is 12.0. The quantitative estimate of drug-likeness (QED) is 0.836. The Hall–Kier alpha value is -1.47. The second-order valence-corrected chi connectivity index (χ2v) is 6.24. The molecule has 0 spiro atoms. The number of terminal acetylenes is 1. The van der Waals surface area contributed by atoms with Crippen LogP contribution in [0.4, 0.5) is 5.69 Å². The van der Waals surface area contributed by atoms with Gasteiger partial charge in [-0.2, -0.15) is 0 Å². The van der Waals surface area contributed by atoms with E-state index in [1.54, 1.807) is 24.3 Å². The summed E-state index contributed by atoms with van der Waals surface area (Å²) >= 11 is 0. The molecule has 0 radical (unpaired) electrons. The Morgan fingerprint density at radius 2 is 2.00 bits per heavy atom. The summed E-state index contributed by atoms with van der Waals surface area (Å²) in [5.74, 6) is 2.49. The highest BCUT2D eigenvalue weighted by Crippen LogP contribution is 2.26. The molecule has 0 atom stereocenters. The van der Waals surface area contributed by atoms with E-state index in [0.29, 0.717) is 11.3 Å². The van der Waals surface area contributed by atoms with Gasteiger partial charge in [0.1, 0.15) is 0 Å². The van der Waals surface area contributed by atoms with E-state index in [9.17, 15) is 8.42 Å². The number of anilines is 1. The van der Waals surface area contributed by atoms with Crippen molar-refractivity contribution in [1.29, 1.82) is 0 Å². The van der Waals surface area contributed by atoms with E-state index in [4.69, 9.17) is 6.42 Å². The molecular formula is C13H15NO2S. The fraction of sp³-hybridized carbons (Fsp3) is 0.385. The molecule has 4 heteroatoms. The van der Waals surface area contributed by atoms with Gasteiger partial charge in [0.25, 0.3) is 0 Å². The Morgan fingerprint density at radius 3 is 2.65 bits per heavy atom. The molecule has 0 saturated heterocycles. The number of sulfonamides is 1. The molecule has 0 unspecified atom stereocenters. The second kappa shape index (κ2) is 4.80. The van der Waals surface area contributed by atoms with Crippen LogP contribution >= 0.6 is 0 Å². The summed E-state index contributed by atoms with van der Waals surface area (Å²) in [6.07, 6.45) is 8.78. The van der Waals surface area contributed by atoms with Crippen LogP contribution in [0.25, 0.3) is 0 Å². The first-order valence-corrected chi connectivity index (χ1v) is 7.25. The van der Waals surface area contributed by atoms with E-state index < -0.39 is 10.0 Å². The first kappa shape index (κ1) is 12.0. The molecule has 1 N–H and O–H groups in total. The van der Waals surface area contributed by atoms with Crippen LogP contribution in [0, 0.1) is 12.3 Å². The SMILES string of the molecule is C#Cc1cccc(NS(=O)(=O)C2CCCC2)c1. The number of nitrogens with one attached hydrogen (secondary N) is 1. The minimum atomic E-state index is -3.26. The summed E-state index contributed by atoms with van der Waals surface area (Å²) in [6.45, 7) is 0. The summed E-state index contributed by atoms with van der Waals surface area (Å²) < 4.78 is 26.7. The van der Waals surface area contributed by atoms with E-state index in [2.05, 4.69) is 10.6 Å². The lowest BCUT2D eigenvalue weighted by Crippen LogP contribution is -2.25. The predicted octanol–water partition coefficient (Wildman–Crippen LogP) is 2.35. The summed E-state index contributed by atoms with van der Waals surface area (Å²) in [5.41, 5.74) is 1.23. The van der Waals surface area contributed by atoms with Crippen LogP contribution in [-0.4, -0.2) is 13.7 Å². The lowest BCUT2D eigenvalue weighted by molar-refractivity contribution is 0.585.